The zero-order valence-electron chi connectivity index (χ0n) is 12.0. The second-order valence-corrected chi connectivity index (χ2v) is 5.54. The van der Waals surface area contributed by atoms with Crippen LogP contribution >= 0.6 is 0 Å². The van der Waals surface area contributed by atoms with Gasteiger partial charge in [-0.15, -0.1) is 0 Å². The number of para-hydroxylation sites is 2. The molecule has 0 bridgehead atoms. The molecule has 20 heavy (non-hydrogen) atoms. The van der Waals surface area contributed by atoms with Crippen molar-refractivity contribution in [3.8, 4) is 0 Å². The molecule has 0 aliphatic heterocycles. The van der Waals surface area contributed by atoms with E-state index in [4.69, 9.17) is 4.74 Å². The van der Waals surface area contributed by atoms with Crippen LogP contribution in [-0.2, 0) is 16.1 Å². The van der Waals surface area contributed by atoms with E-state index in [2.05, 4.69) is 15.3 Å². The van der Waals surface area contributed by atoms with E-state index >= 15 is 0 Å². The van der Waals surface area contributed by atoms with Gasteiger partial charge in [0.25, 0.3) is 0 Å². The summed E-state index contributed by atoms with van der Waals surface area (Å²) in [4.78, 5) is 20.3. The minimum Gasteiger partial charge on any atom is -0.459 e. The molecule has 5 heteroatoms. The number of carbonyl (C=O) groups is 1. The van der Waals surface area contributed by atoms with Crippen LogP contribution in [0.4, 0.5) is 0 Å². The number of nitrogens with zero attached hydrogens (tertiary/aromatic N) is 2. The molecule has 106 valence electrons. The monoisotopic (exact) mass is 273 g/mol. The summed E-state index contributed by atoms with van der Waals surface area (Å²) >= 11 is 0. The van der Waals surface area contributed by atoms with Gasteiger partial charge in [-0.3, -0.25) is 9.78 Å². The Labute approximate surface area is 118 Å². The molecule has 0 amide bonds. The second-order valence-electron chi connectivity index (χ2n) is 5.54. The maximum Gasteiger partial charge on any atom is 0.320 e. The van der Waals surface area contributed by atoms with Crippen molar-refractivity contribution in [3.05, 3.63) is 36.2 Å². The largest absolute Gasteiger partial charge is 0.459 e. The third-order valence-corrected chi connectivity index (χ3v) is 2.49. The van der Waals surface area contributed by atoms with Crippen molar-refractivity contribution in [2.75, 3.05) is 6.54 Å². The Morgan fingerprint density at radius 3 is 2.65 bits per heavy atom. The van der Waals surface area contributed by atoms with Gasteiger partial charge >= 0.3 is 5.97 Å². The Morgan fingerprint density at radius 1 is 1.25 bits per heavy atom. The maximum absolute atomic E-state index is 11.5. The Bertz CT molecular complexity index is 605. The van der Waals surface area contributed by atoms with Crippen LogP contribution < -0.4 is 5.32 Å². The molecule has 0 unspecified atom stereocenters. The van der Waals surface area contributed by atoms with Crippen LogP contribution in [0.15, 0.2) is 30.5 Å². The zero-order valence-corrected chi connectivity index (χ0v) is 12.0. The molecule has 0 atom stereocenters. The number of benzene rings is 1. The number of carbonyl (C=O) groups excluding carboxylic acids is 1. The number of aromatic nitrogens is 2. The van der Waals surface area contributed by atoms with Gasteiger partial charge in [0.2, 0.25) is 0 Å². The predicted octanol–water partition coefficient (Wildman–Crippen LogP) is 2.06. The van der Waals surface area contributed by atoms with E-state index in [1.165, 1.54) is 0 Å². The van der Waals surface area contributed by atoms with Crippen molar-refractivity contribution in [1.29, 1.82) is 0 Å². The highest BCUT2D eigenvalue weighted by molar-refractivity contribution is 5.73. The first-order valence-corrected chi connectivity index (χ1v) is 6.57. The molecule has 1 aromatic heterocycles. The fourth-order valence-corrected chi connectivity index (χ4v) is 1.75. The highest BCUT2D eigenvalue weighted by Gasteiger charge is 2.15. The topological polar surface area (TPSA) is 64.1 Å². The lowest BCUT2D eigenvalue weighted by atomic mass is 10.2. The first-order valence-electron chi connectivity index (χ1n) is 6.57. The standard InChI is InChI=1S/C15H19N3O2/c1-15(2,3)20-14(19)10-16-8-11-9-17-12-6-4-5-7-13(12)18-11/h4-7,9,16H,8,10H2,1-3H3. The van der Waals surface area contributed by atoms with Crippen molar-refractivity contribution in [2.24, 2.45) is 0 Å². The van der Waals surface area contributed by atoms with E-state index in [0.717, 1.165) is 16.7 Å². The second kappa shape index (κ2) is 5.96. The van der Waals surface area contributed by atoms with E-state index in [1.54, 1.807) is 6.20 Å². The number of esters is 1. The van der Waals surface area contributed by atoms with Crippen molar-refractivity contribution < 1.29 is 9.53 Å². The number of nitrogens with one attached hydrogen (secondary N) is 1. The summed E-state index contributed by atoms with van der Waals surface area (Å²) in [6, 6.07) is 7.69. The van der Waals surface area contributed by atoms with Crippen LogP contribution in [0.3, 0.4) is 0 Å². The maximum atomic E-state index is 11.5. The molecule has 2 rings (SSSR count). The zero-order chi connectivity index (χ0) is 14.6. The Morgan fingerprint density at radius 2 is 1.95 bits per heavy atom. The molecule has 0 saturated carbocycles. The highest BCUT2D eigenvalue weighted by atomic mass is 16.6. The summed E-state index contributed by atoms with van der Waals surface area (Å²) in [5.74, 6) is -0.272. The quantitative estimate of drug-likeness (QED) is 0.864. The van der Waals surface area contributed by atoms with Gasteiger partial charge in [0, 0.05) is 6.54 Å². The number of fused-ring (bicyclic) bond motifs is 1. The lowest BCUT2D eigenvalue weighted by Crippen LogP contribution is -2.31. The van der Waals surface area contributed by atoms with Gasteiger partial charge in [-0.1, -0.05) is 12.1 Å². The predicted molar refractivity (Wildman–Crippen MR) is 77.1 cm³/mol. The molecule has 5 nitrogen and oxygen atoms in total. The van der Waals surface area contributed by atoms with Crippen LogP contribution in [0.1, 0.15) is 26.5 Å². The molecule has 0 spiro atoms. The van der Waals surface area contributed by atoms with Crippen LogP contribution in [0.2, 0.25) is 0 Å². The van der Waals surface area contributed by atoms with Crippen LogP contribution in [0.25, 0.3) is 11.0 Å². The van der Waals surface area contributed by atoms with Gasteiger partial charge in [0.1, 0.15) is 5.60 Å². The van der Waals surface area contributed by atoms with Gasteiger partial charge in [-0.25, -0.2) is 4.98 Å². The molecule has 0 fully saturated rings. The summed E-state index contributed by atoms with van der Waals surface area (Å²) in [6.45, 7) is 6.18. The van der Waals surface area contributed by atoms with Gasteiger partial charge in [0.15, 0.2) is 0 Å². The van der Waals surface area contributed by atoms with E-state index in [9.17, 15) is 4.79 Å². The van der Waals surface area contributed by atoms with Crippen molar-refractivity contribution >= 4 is 17.0 Å². The van der Waals surface area contributed by atoms with Crippen LogP contribution in [0, 0.1) is 0 Å². The molecule has 0 aliphatic carbocycles. The first kappa shape index (κ1) is 14.4. The van der Waals surface area contributed by atoms with Crippen molar-refractivity contribution in [2.45, 2.75) is 32.9 Å². The molecule has 2 aromatic rings. The summed E-state index contributed by atoms with van der Waals surface area (Å²) in [5.41, 5.74) is 2.06. The molecule has 1 N–H and O–H groups in total. The summed E-state index contributed by atoms with van der Waals surface area (Å²) in [6.07, 6.45) is 1.71. The molecule has 0 saturated heterocycles. The Balaban J connectivity index is 1.88. The summed E-state index contributed by atoms with van der Waals surface area (Å²) < 4.78 is 5.21. The SMILES string of the molecule is CC(C)(C)OC(=O)CNCc1cnc2ccccc2n1. The van der Waals surface area contributed by atoms with Crippen molar-refractivity contribution in [3.63, 3.8) is 0 Å². The molecule has 0 radical (unpaired) electrons. The van der Waals surface area contributed by atoms with E-state index in [1.807, 2.05) is 45.0 Å². The van der Waals surface area contributed by atoms with E-state index in [0.29, 0.717) is 6.54 Å². The minimum absolute atomic E-state index is 0.159. The molecule has 0 aliphatic rings. The van der Waals surface area contributed by atoms with Crippen LogP contribution in [-0.4, -0.2) is 28.1 Å². The average molecular weight is 273 g/mol. The van der Waals surface area contributed by atoms with E-state index in [-0.39, 0.29) is 12.5 Å². The number of rotatable bonds is 4. The smallest absolute Gasteiger partial charge is 0.320 e. The lowest BCUT2D eigenvalue weighted by molar-refractivity contribution is -0.153. The van der Waals surface area contributed by atoms with Gasteiger partial charge < -0.3 is 10.1 Å². The molecule has 1 aromatic carbocycles. The Hall–Kier alpha value is -2.01. The number of ether oxygens (including phenoxy) is 1. The third-order valence-electron chi connectivity index (χ3n) is 2.49. The average Bonchev–Trinajstić information content (AvgIpc) is 2.36. The van der Waals surface area contributed by atoms with Crippen molar-refractivity contribution in [1.82, 2.24) is 15.3 Å². The van der Waals surface area contributed by atoms with Gasteiger partial charge in [-0.05, 0) is 32.9 Å². The Kier molecular flexibility index (Phi) is 4.29. The molecular formula is C15H19N3O2. The lowest BCUT2D eigenvalue weighted by Gasteiger charge is -2.19. The summed E-state index contributed by atoms with van der Waals surface area (Å²) in [7, 11) is 0. The van der Waals surface area contributed by atoms with Gasteiger partial charge in [-0.2, -0.15) is 0 Å². The highest BCUT2D eigenvalue weighted by Crippen LogP contribution is 2.08. The van der Waals surface area contributed by atoms with E-state index < -0.39 is 5.60 Å². The normalized spacial score (nSPS) is 11.6. The molecular weight excluding hydrogens is 254 g/mol. The summed E-state index contributed by atoms with van der Waals surface area (Å²) in [5, 5.41) is 3.01. The number of hydrogen-bond acceptors (Lipinski definition) is 5. The van der Waals surface area contributed by atoms with Gasteiger partial charge in [0.05, 0.1) is 29.5 Å². The fraction of sp³-hybridized carbons (Fsp3) is 0.400. The third kappa shape index (κ3) is 4.28. The minimum atomic E-state index is -0.457. The molecule has 1 heterocycles. The first-order chi connectivity index (χ1) is 9.44. The number of hydrogen-bond donors (Lipinski definition) is 1. The fourth-order valence-electron chi connectivity index (χ4n) is 1.75. The van der Waals surface area contributed by atoms with Crippen LogP contribution in [0.5, 0.6) is 0 Å².